The zero-order valence-corrected chi connectivity index (χ0v) is 11.1. The summed E-state index contributed by atoms with van der Waals surface area (Å²) in [6.07, 6.45) is 0. The van der Waals surface area contributed by atoms with E-state index in [0.29, 0.717) is 16.3 Å². The molecule has 0 radical (unpaired) electrons. The lowest BCUT2D eigenvalue weighted by molar-refractivity contribution is 0.102. The minimum Gasteiger partial charge on any atom is -0.322 e. The molecule has 0 unspecified atom stereocenters. The van der Waals surface area contributed by atoms with Crippen LogP contribution in [0.15, 0.2) is 42.5 Å². The molecule has 1 N–H and O–H groups in total. The van der Waals surface area contributed by atoms with Gasteiger partial charge in [-0.25, -0.2) is 0 Å². The molecule has 0 aliphatic rings. The molecule has 2 rings (SSSR count). The Morgan fingerprint density at radius 2 is 1.83 bits per heavy atom. The SMILES string of the molecule is Cc1cccc(C(=O)Nc2cccc(Cl)c2)c1C. The fraction of sp³-hybridized carbons (Fsp3) is 0.133. The van der Waals surface area contributed by atoms with Crippen molar-refractivity contribution in [2.45, 2.75) is 13.8 Å². The summed E-state index contributed by atoms with van der Waals surface area (Å²) < 4.78 is 0. The van der Waals surface area contributed by atoms with E-state index in [9.17, 15) is 4.79 Å². The van der Waals surface area contributed by atoms with Gasteiger partial charge in [-0.1, -0.05) is 29.8 Å². The van der Waals surface area contributed by atoms with E-state index in [2.05, 4.69) is 5.32 Å². The molecule has 2 nitrogen and oxygen atoms in total. The lowest BCUT2D eigenvalue weighted by Gasteiger charge is -2.09. The highest BCUT2D eigenvalue weighted by Gasteiger charge is 2.10. The second kappa shape index (κ2) is 5.23. The molecule has 0 heterocycles. The van der Waals surface area contributed by atoms with E-state index in [1.165, 1.54) is 0 Å². The summed E-state index contributed by atoms with van der Waals surface area (Å²) in [7, 11) is 0. The fourth-order valence-corrected chi connectivity index (χ4v) is 1.95. The molecule has 0 aliphatic carbocycles. The minimum absolute atomic E-state index is 0.113. The van der Waals surface area contributed by atoms with Crippen molar-refractivity contribution in [1.29, 1.82) is 0 Å². The molecule has 0 aromatic heterocycles. The van der Waals surface area contributed by atoms with Gasteiger partial charge in [-0.15, -0.1) is 0 Å². The molecule has 92 valence electrons. The number of aryl methyl sites for hydroxylation is 1. The maximum absolute atomic E-state index is 12.1. The topological polar surface area (TPSA) is 29.1 Å². The number of benzene rings is 2. The molecule has 0 aliphatic heterocycles. The van der Waals surface area contributed by atoms with Crippen LogP contribution < -0.4 is 5.32 Å². The Labute approximate surface area is 112 Å². The third-order valence-electron chi connectivity index (χ3n) is 2.93. The van der Waals surface area contributed by atoms with Crippen LogP contribution in [-0.4, -0.2) is 5.91 Å². The summed E-state index contributed by atoms with van der Waals surface area (Å²) in [5, 5.41) is 3.45. The molecule has 1 amide bonds. The predicted molar refractivity (Wildman–Crippen MR) is 75.3 cm³/mol. The van der Waals surface area contributed by atoms with Crippen LogP contribution in [0.2, 0.25) is 5.02 Å². The first kappa shape index (κ1) is 12.7. The van der Waals surface area contributed by atoms with E-state index in [1.54, 1.807) is 18.2 Å². The zero-order chi connectivity index (χ0) is 13.1. The standard InChI is InChI=1S/C15H14ClNO/c1-10-5-3-8-14(11(10)2)15(18)17-13-7-4-6-12(16)9-13/h3-9H,1-2H3,(H,17,18). The zero-order valence-electron chi connectivity index (χ0n) is 10.3. The van der Waals surface area contributed by atoms with Crippen LogP contribution in [0.4, 0.5) is 5.69 Å². The van der Waals surface area contributed by atoms with E-state index < -0.39 is 0 Å². The smallest absolute Gasteiger partial charge is 0.255 e. The van der Waals surface area contributed by atoms with Crippen molar-refractivity contribution in [2.75, 3.05) is 5.32 Å². The van der Waals surface area contributed by atoms with Crippen molar-refractivity contribution in [3.63, 3.8) is 0 Å². The van der Waals surface area contributed by atoms with Crippen LogP contribution in [-0.2, 0) is 0 Å². The van der Waals surface area contributed by atoms with Gasteiger partial charge in [-0.2, -0.15) is 0 Å². The molecule has 0 fully saturated rings. The second-order valence-electron chi connectivity index (χ2n) is 4.21. The predicted octanol–water partition coefficient (Wildman–Crippen LogP) is 4.21. The van der Waals surface area contributed by atoms with E-state index >= 15 is 0 Å². The Hall–Kier alpha value is -1.80. The van der Waals surface area contributed by atoms with Crippen molar-refractivity contribution < 1.29 is 4.79 Å². The third-order valence-corrected chi connectivity index (χ3v) is 3.17. The number of carbonyl (C=O) groups excluding carboxylic acids is 1. The van der Waals surface area contributed by atoms with Gasteiger partial charge in [0.1, 0.15) is 0 Å². The lowest BCUT2D eigenvalue weighted by Crippen LogP contribution is -2.13. The first-order valence-electron chi connectivity index (χ1n) is 5.71. The molecule has 2 aromatic rings. The Balaban J connectivity index is 2.25. The highest BCUT2D eigenvalue weighted by Crippen LogP contribution is 2.18. The van der Waals surface area contributed by atoms with Crippen LogP contribution in [0, 0.1) is 13.8 Å². The Bertz CT molecular complexity index is 593. The number of nitrogens with one attached hydrogen (secondary N) is 1. The fourth-order valence-electron chi connectivity index (χ4n) is 1.76. The van der Waals surface area contributed by atoms with Crippen LogP contribution in [0.5, 0.6) is 0 Å². The van der Waals surface area contributed by atoms with Crippen LogP contribution in [0.25, 0.3) is 0 Å². The first-order chi connectivity index (χ1) is 8.58. The Kier molecular flexibility index (Phi) is 3.68. The number of carbonyl (C=O) groups is 1. The van der Waals surface area contributed by atoms with Crippen LogP contribution in [0.3, 0.4) is 0 Å². The summed E-state index contributed by atoms with van der Waals surface area (Å²) in [6.45, 7) is 3.94. The van der Waals surface area contributed by atoms with Gasteiger partial charge in [0.25, 0.3) is 5.91 Å². The van der Waals surface area contributed by atoms with Crippen molar-refractivity contribution >= 4 is 23.2 Å². The molecule has 0 bridgehead atoms. The normalized spacial score (nSPS) is 10.2. The molecule has 0 saturated carbocycles. The monoisotopic (exact) mass is 259 g/mol. The average molecular weight is 260 g/mol. The molecule has 0 atom stereocenters. The highest BCUT2D eigenvalue weighted by atomic mass is 35.5. The van der Waals surface area contributed by atoms with E-state index in [0.717, 1.165) is 11.1 Å². The number of hydrogen-bond acceptors (Lipinski definition) is 1. The Morgan fingerprint density at radius 3 is 2.56 bits per heavy atom. The summed E-state index contributed by atoms with van der Waals surface area (Å²) in [5.74, 6) is -0.113. The summed E-state index contributed by atoms with van der Waals surface area (Å²) >= 11 is 5.88. The van der Waals surface area contributed by atoms with Crippen molar-refractivity contribution in [3.8, 4) is 0 Å². The number of halogens is 1. The number of anilines is 1. The van der Waals surface area contributed by atoms with Gasteiger partial charge >= 0.3 is 0 Å². The van der Waals surface area contributed by atoms with Gasteiger partial charge in [-0.3, -0.25) is 4.79 Å². The molecule has 2 aromatic carbocycles. The molecule has 18 heavy (non-hydrogen) atoms. The Morgan fingerprint density at radius 1 is 1.11 bits per heavy atom. The van der Waals surface area contributed by atoms with Gasteiger partial charge in [0.05, 0.1) is 0 Å². The highest BCUT2D eigenvalue weighted by molar-refractivity contribution is 6.31. The summed E-state index contributed by atoms with van der Waals surface area (Å²) in [4.78, 5) is 12.1. The molecular formula is C15H14ClNO. The molecule has 0 saturated heterocycles. The average Bonchev–Trinajstić information content (AvgIpc) is 2.32. The van der Waals surface area contributed by atoms with Gasteiger partial charge in [-0.05, 0) is 49.2 Å². The van der Waals surface area contributed by atoms with E-state index in [1.807, 2.05) is 38.1 Å². The van der Waals surface area contributed by atoms with Crippen molar-refractivity contribution in [2.24, 2.45) is 0 Å². The molecular weight excluding hydrogens is 246 g/mol. The van der Waals surface area contributed by atoms with Gasteiger partial charge in [0.2, 0.25) is 0 Å². The van der Waals surface area contributed by atoms with E-state index in [-0.39, 0.29) is 5.91 Å². The summed E-state index contributed by atoms with van der Waals surface area (Å²) in [6, 6.07) is 12.8. The number of hydrogen-bond donors (Lipinski definition) is 1. The molecule has 0 spiro atoms. The quantitative estimate of drug-likeness (QED) is 0.860. The van der Waals surface area contributed by atoms with Gasteiger partial charge < -0.3 is 5.32 Å². The first-order valence-corrected chi connectivity index (χ1v) is 6.09. The third kappa shape index (κ3) is 2.71. The van der Waals surface area contributed by atoms with Crippen molar-refractivity contribution in [1.82, 2.24) is 0 Å². The minimum atomic E-state index is -0.113. The largest absolute Gasteiger partial charge is 0.322 e. The maximum atomic E-state index is 12.1. The summed E-state index contributed by atoms with van der Waals surface area (Å²) in [5.41, 5.74) is 3.49. The second-order valence-corrected chi connectivity index (χ2v) is 4.65. The van der Waals surface area contributed by atoms with Crippen molar-refractivity contribution in [3.05, 3.63) is 64.2 Å². The van der Waals surface area contributed by atoms with E-state index in [4.69, 9.17) is 11.6 Å². The van der Waals surface area contributed by atoms with Crippen LogP contribution in [0.1, 0.15) is 21.5 Å². The lowest BCUT2D eigenvalue weighted by atomic mass is 10.0. The van der Waals surface area contributed by atoms with Crippen LogP contribution >= 0.6 is 11.6 Å². The number of rotatable bonds is 2. The van der Waals surface area contributed by atoms with Gasteiger partial charge in [0.15, 0.2) is 0 Å². The molecule has 3 heteroatoms. The van der Waals surface area contributed by atoms with Gasteiger partial charge in [0, 0.05) is 16.3 Å². The number of amides is 1. The maximum Gasteiger partial charge on any atom is 0.255 e.